The van der Waals surface area contributed by atoms with E-state index in [-0.39, 0.29) is 12.4 Å². The largest absolute Gasteiger partial charge is 0.858 e. The summed E-state index contributed by atoms with van der Waals surface area (Å²) >= 11 is 0. The van der Waals surface area contributed by atoms with Crippen LogP contribution in [0.3, 0.4) is 0 Å². The molecule has 0 amide bonds. The molecule has 0 atom stereocenters. The average Bonchev–Trinajstić information content (AvgIpc) is 3.05. The number of hydrogen-bond acceptors (Lipinski definition) is 6. The summed E-state index contributed by atoms with van der Waals surface area (Å²) in [6.45, 7) is 4.66. The van der Waals surface area contributed by atoms with Gasteiger partial charge in [0.2, 0.25) is 5.36 Å². The highest BCUT2D eigenvalue weighted by Gasteiger charge is 2.35. The van der Waals surface area contributed by atoms with Gasteiger partial charge in [0.1, 0.15) is 24.6 Å². The zero-order valence-corrected chi connectivity index (χ0v) is 25.2. The molecule has 3 aromatic rings. The molecule has 5 heterocycles. The average molecular weight is 578 g/mol. The number of hydrogen-bond donors (Lipinski definition) is 0. The lowest BCUT2D eigenvalue weighted by atomic mass is 9.82. The Labute approximate surface area is 252 Å². The van der Waals surface area contributed by atoms with Crippen molar-refractivity contribution in [1.82, 2.24) is 4.58 Å². The van der Waals surface area contributed by atoms with Crippen LogP contribution in [-0.4, -0.2) is 59.1 Å². The zero-order chi connectivity index (χ0) is 29.1. The molecule has 8 rings (SSSR count). The van der Waals surface area contributed by atoms with Gasteiger partial charge in [0.25, 0.3) is 0 Å². The van der Waals surface area contributed by atoms with Crippen LogP contribution in [0.1, 0.15) is 64.6 Å². The van der Waals surface area contributed by atoms with Gasteiger partial charge in [-0.25, -0.2) is 4.58 Å². The van der Waals surface area contributed by atoms with E-state index in [0.717, 1.165) is 81.8 Å². The molecule has 0 unspecified atom stereocenters. The first-order chi connectivity index (χ1) is 21.1. The summed E-state index contributed by atoms with van der Waals surface area (Å²) in [6, 6.07) is 12.8. The molecule has 0 bridgehead atoms. The van der Waals surface area contributed by atoms with Crippen LogP contribution >= 0.6 is 0 Å². The standard InChI is InChI=1S/C36H39N3O4/c1-41-30(42-2)21-37-36(40)25-9-3-8-22(18-25)31-28-19-23-10-4-14-38-16-6-12-26(32(23)38)34(28)43-35-27-13-7-17-39-15-5-11-24(33(27)39)20-29(31)35/h3,8-9,18-20,30H,4-7,10-17,21H2,1-2H3. The highest BCUT2D eigenvalue weighted by Crippen LogP contribution is 2.48. The van der Waals surface area contributed by atoms with Crippen molar-refractivity contribution in [2.75, 3.05) is 51.8 Å². The van der Waals surface area contributed by atoms with E-state index in [2.05, 4.69) is 32.7 Å². The van der Waals surface area contributed by atoms with Gasteiger partial charge >= 0.3 is 0 Å². The number of nitrogens with zero attached hydrogens (tertiary/aromatic N) is 3. The van der Waals surface area contributed by atoms with Crippen LogP contribution in [0.15, 0.2) is 41.4 Å². The van der Waals surface area contributed by atoms with E-state index in [4.69, 9.17) is 14.2 Å². The molecule has 5 aliphatic rings. The Morgan fingerprint density at radius 2 is 1.70 bits per heavy atom. The highest BCUT2D eigenvalue weighted by molar-refractivity contribution is 5.94. The Kier molecular flexibility index (Phi) is 6.75. The second kappa shape index (κ2) is 10.8. The molecule has 0 N–H and O–H groups in total. The van der Waals surface area contributed by atoms with E-state index in [1.54, 1.807) is 14.2 Å². The molecule has 7 heteroatoms. The molecule has 3 aromatic carbocycles. The first-order valence-corrected chi connectivity index (χ1v) is 16.0. The second-order valence-electron chi connectivity index (χ2n) is 12.5. The van der Waals surface area contributed by atoms with Crippen LogP contribution in [0, 0.1) is 0 Å². The molecule has 7 nitrogen and oxygen atoms in total. The molecule has 0 saturated heterocycles. The number of benzene rings is 3. The fourth-order valence-corrected chi connectivity index (χ4v) is 8.13. The van der Waals surface area contributed by atoms with E-state index >= 15 is 0 Å². The summed E-state index contributed by atoms with van der Waals surface area (Å²) in [5.41, 5.74) is 11.0. The van der Waals surface area contributed by atoms with Crippen molar-refractivity contribution in [1.29, 1.82) is 0 Å². The molecule has 0 spiro atoms. The Morgan fingerprint density at radius 1 is 0.930 bits per heavy atom. The number of anilines is 1. The predicted molar refractivity (Wildman–Crippen MR) is 166 cm³/mol. The Balaban J connectivity index is 1.39. The minimum atomic E-state index is -0.541. The first kappa shape index (κ1) is 26.9. The zero-order valence-electron chi connectivity index (χ0n) is 25.2. The topological polar surface area (TPSA) is 69.4 Å². The third-order valence-corrected chi connectivity index (χ3v) is 10.00. The number of aliphatic imine (C=N–C) groups is 1. The van der Waals surface area contributed by atoms with Crippen molar-refractivity contribution in [3.63, 3.8) is 0 Å². The third kappa shape index (κ3) is 4.39. The maximum Gasteiger partial charge on any atom is 0.210 e. The van der Waals surface area contributed by atoms with Crippen molar-refractivity contribution in [2.45, 2.75) is 57.7 Å². The lowest BCUT2D eigenvalue weighted by Gasteiger charge is -2.39. The Morgan fingerprint density at radius 3 is 2.53 bits per heavy atom. The fourth-order valence-electron chi connectivity index (χ4n) is 8.13. The van der Waals surface area contributed by atoms with Gasteiger partial charge in [0, 0.05) is 73.3 Å². The monoisotopic (exact) mass is 577 g/mol. The molecular weight excluding hydrogens is 538 g/mol. The molecule has 43 heavy (non-hydrogen) atoms. The van der Waals surface area contributed by atoms with Gasteiger partial charge in [0.05, 0.1) is 12.1 Å². The van der Waals surface area contributed by atoms with E-state index in [9.17, 15) is 5.11 Å². The minimum absolute atomic E-state index is 0.157. The lowest BCUT2D eigenvalue weighted by molar-refractivity contribution is -0.214. The number of ether oxygens (including phenoxy) is 3. The number of aryl methyl sites for hydroxylation is 2. The summed E-state index contributed by atoms with van der Waals surface area (Å²) in [5.74, 6) is 1.80. The smallest absolute Gasteiger partial charge is 0.210 e. The quantitative estimate of drug-likeness (QED) is 0.153. The van der Waals surface area contributed by atoms with Gasteiger partial charge < -0.3 is 24.2 Å². The normalized spacial score (nSPS) is 18.6. The van der Waals surface area contributed by atoms with Crippen LogP contribution in [0.4, 0.5) is 5.69 Å². The molecule has 0 aliphatic carbocycles. The van der Waals surface area contributed by atoms with E-state index in [1.807, 2.05) is 18.2 Å². The van der Waals surface area contributed by atoms with Crippen LogP contribution in [-0.2, 0) is 35.2 Å². The van der Waals surface area contributed by atoms with Crippen molar-refractivity contribution in [3.8, 4) is 11.5 Å². The van der Waals surface area contributed by atoms with Gasteiger partial charge in [-0.1, -0.05) is 18.2 Å². The van der Waals surface area contributed by atoms with Gasteiger partial charge in [-0.3, -0.25) is 4.99 Å². The van der Waals surface area contributed by atoms with Crippen LogP contribution < -0.4 is 29.9 Å². The predicted octanol–water partition coefficient (Wildman–Crippen LogP) is 2.85. The highest BCUT2D eigenvalue weighted by atomic mass is 16.7. The minimum Gasteiger partial charge on any atom is -0.858 e. The maximum atomic E-state index is 13.3. The summed E-state index contributed by atoms with van der Waals surface area (Å²) < 4.78 is 20.2. The van der Waals surface area contributed by atoms with Gasteiger partial charge in [0.15, 0.2) is 6.29 Å². The Hall–Kier alpha value is -3.68. The van der Waals surface area contributed by atoms with Crippen molar-refractivity contribution in [3.05, 3.63) is 85.9 Å². The van der Waals surface area contributed by atoms with Gasteiger partial charge in [-0.2, -0.15) is 0 Å². The second-order valence-corrected chi connectivity index (χ2v) is 12.5. The molecule has 0 aromatic heterocycles. The molecule has 0 fully saturated rings. The van der Waals surface area contributed by atoms with Gasteiger partial charge in [-0.15, -0.1) is 0 Å². The van der Waals surface area contributed by atoms with Crippen LogP contribution in [0.25, 0.3) is 5.57 Å². The molecule has 0 radical (unpaired) electrons. The summed E-state index contributed by atoms with van der Waals surface area (Å²) in [5, 5.41) is 15.8. The number of fused-ring (bicyclic) bond motifs is 4. The molecule has 5 aliphatic heterocycles. The maximum absolute atomic E-state index is 13.3. The van der Waals surface area contributed by atoms with Crippen LogP contribution in [0.5, 0.6) is 11.5 Å². The molecular formula is C36H39N3O4. The molecule has 0 saturated carbocycles. The number of methoxy groups -OCH3 is 2. The van der Waals surface area contributed by atoms with Crippen LogP contribution in [0.2, 0.25) is 0 Å². The Bertz CT molecular complexity index is 1780. The van der Waals surface area contributed by atoms with E-state index in [0.29, 0.717) is 5.56 Å². The summed E-state index contributed by atoms with van der Waals surface area (Å²) in [7, 11) is 3.12. The summed E-state index contributed by atoms with van der Waals surface area (Å²) in [6.07, 6.45) is 8.37. The first-order valence-electron chi connectivity index (χ1n) is 16.0. The number of rotatable bonds is 6. The van der Waals surface area contributed by atoms with Crippen molar-refractivity contribution in [2.24, 2.45) is 4.99 Å². The van der Waals surface area contributed by atoms with E-state index < -0.39 is 6.29 Å². The molecule has 222 valence electrons. The van der Waals surface area contributed by atoms with Gasteiger partial charge in [-0.05, 0) is 79.3 Å². The van der Waals surface area contributed by atoms with Crippen molar-refractivity contribution >= 4 is 17.2 Å². The third-order valence-electron chi connectivity index (χ3n) is 10.00. The SMILES string of the molecule is COC(CN=C([O-])c1cccc(C2=c3cc4c5c(c3Oc3c2cc2c6c3CCCN6CCC2)CCC[N+]=5CCC4)c1)OC. The lowest BCUT2D eigenvalue weighted by Crippen LogP contribution is -2.45. The fraction of sp³-hybridized carbons (Fsp3) is 0.444. The van der Waals surface area contributed by atoms with E-state index in [1.165, 1.54) is 62.5 Å². The summed E-state index contributed by atoms with van der Waals surface area (Å²) in [4.78, 5) is 6.87. The van der Waals surface area contributed by atoms with Crippen molar-refractivity contribution < 1.29 is 19.3 Å².